The van der Waals surface area contributed by atoms with Crippen molar-refractivity contribution < 1.29 is 4.42 Å². The van der Waals surface area contributed by atoms with E-state index in [-0.39, 0.29) is 0 Å². The van der Waals surface area contributed by atoms with Gasteiger partial charge in [-0.25, -0.2) is 0 Å². The Labute approximate surface area is 90.0 Å². The highest BCUT2D eigenvalue weighted by Crippen LogP contribution is 2.17. The molecule has 2 heteroatoms. The third-order valence-corrected chi connectivity index (χ3v) is 2.52. The summed E-state index contributed by atoms with van der Waals surface area (Å²) in [5.41, 5.74) is 2.79. The first kappa shape index (κ1) is 9.97. The smallest absolute Gasteiger partial charge is 0.0902 e. The molecule has 2 heterocycles. The molecule has 2 nitrogen and oxygen atoms in total. The topological polar surface area (TPSA) is 26.0 Å². The van der Waals surface area contributed by atoms with Crippen molar-refractivity contribution in [2.75, 3.05) is 0 Å². The molecule has 78 valence electrons. The maximum atomic E-state index is 4.58. The number of hydrogen-bond acceptors (Lipinski definition) is 2. The Bertz CT molecular complexity index is 339. The second-order valence-electron chi connectivity index (χ2n) is 3.61. The van der Waals surface area contributed by atoms with E-state index in [1.54, 1.807) is 12.5 Å². The van der Waals surface area contributed by atoms with Crippen LogP contribution in [0.1, 0.15) is 24.1 Å². The minimum Gasteiger partial charge on any atom is -0.473 e. The fraction of sp³-hybridized carbons (Fsp3) is 0.308. The predicted molar refractivity (Wildman–Crippen MR) is 59.6 cm³/mol. The highest BCUT2D eigenvalue weighted by atomic mass is 16.3. The molecule has 0 amide bonds. The van der Waals surface area contributed by atoms with E-state index in [9.17, 15) is 0 Å². The number of rotatable bonds is 0. The molecule has 0 saturated carbocycles. The van der Waals surface area contributed by atoms with Crippen molar-refractivity contribution in [3.05, 3.63) is 54.2 Å². The summed E-state index contributed by atoms with van der Waals surface area (Å²) >= 11 is 0. The Morgan fingerprint density at radius 1 is 1.00 bits per heavy atom. The quantitative estimate of drug-likeness (QED) is 0.654. The molecule has 0 N–H and O–H groups in total. The number of pyridine rings is 1. The number of hydrogen-bond donors (Lipinski definition) is 0. The summed E-state index contributed by atoms with van der Waals surface area (Å²) in [7, 11) is 0. The summed E-state index contributed by atoms with van der Waals surface area (Å²) < 4.78 is 4.58. The summed E-state index contributed by atoms with van der Waals surface area (Å²) in [6, 6.07) is 7.89. The molecule has 0 fully saturated rings. The van der Waals surface area contributed by atoms with Crippen molar-refractivity contribution in [1.82, 2.24) is 4.98 Å². The first-order valence-corrected chi connectivity index (χ1v) is 5.37. The predicted octanol–water partition coefficient (Wildman–Crippen LogP) is 3.24. The van der Waals surface area contributed by atoms with Gasteiger partial charge in [-0.15, -0.1) is 0 Å². The standard InChI is InChI=1S/C9H11N.C4H4O/c1-2-6-9-8(4-1)5-3-7-10-9;1-2-4-5-3-1/h3,5,7H,1-2,4,6H2;1-4H. The molecule has 0 aliphatic heterocycles. The fourth-order valence-electron chi connectivity index (χ4n) is 1.76. The van der Waals surface area contributed by atoms with Gasteiger partial charge in [-0.3, -0.25) is 4.98 Å². The lowest BCUT2D eigenvalue weighted by Gasteiger charge is -2.12. The Hall–Kier alpha value is -1.57. The molecule has 0 atom stereocenters. The van der Waals surface area contributed by atoms with Gasteiger partial charge in [-0.1, -0.05) is 6.07 Å². The Kier molecular flexibility index (Phi) is 3.55. The molecule has 1 aliphatic rings. The van der Waals surface area contributed by atoms with Gasteiger partial charge in [-0.05, 0) is 49.4 Å². The van der Waals surface area contributed by atoms with Crippen LogP contribution in [0.15, 0.2) is 47.4 Å². The number of furan rings is 1. The molecule has 3 rings (SSSR count). The van der Waals surface area contributed by atoms with Gasteiger partial charge in [0.2, 0.25) is 0 Å². The molecule has 0 saturated heterocycles. The highest BCUT2D eigenvalue weighted by Gasteiger charge is 2.07. The number of aromatic nitrogens is 1. The van der Waals surface area contributed by atoms with Crippen LogP contribution in [0.2, 0.25) is 0 Å². The minimum atomic E-state index is 1.19. The minimum absolute atomic E-state index is 1.19. The number of aryl methyl sites for hydroxylation is 2. The summed E-state index contributed by atoms with van der Waals surface area (Å²) in [5.74, 6) is 0. The van der Waals surface area contributed by atoms with E-state index in [4.69, 9.17) is 0 Å². The Balaban J connectivity index is 0.000000144. The van der Waals surface area contributed by atoms with E-state index in [2.05, 4.69) is 15.5 Å². The van der Waals surface area contributed by atoms with Crippen molar-refractivity contribution in [2.45, 2.75) is 25.7 Å². The largest absolute Gasteiger partial charge is 0.473 e. The van der Waals surface area contributed by atoms with Gasteiger partial charge < -0.3 is 4.42 Å². The molecule has 2 aromatic heterocycles. The first-order valence-electron chi connectivity index (χ1n) is 5.37. The van der Waals surface area contributed by atoms with Crippen molar-refractivity contribution in [3.63, 3.8) is 0 Å². The van der Waals surface area contributed by atoms with Crippen molar-refractivity contribution >= 4 is 0 Å². The van der Waals surface area contributed by atoms with Crippen LogP contribution in [0, 0.1) is 0 Å². The fourth-order valence-corrected chi connectivity index (χ4v) is 1.76. The second kappa shape index (κ2) is 5.35. The molecule has 15 heavy (non-hydrogen) atoms. The number of nitrogens with zero attached hydrogens (tertiary/aromatic N) is 1. The van der Waals surface area contributed by atoms with Gasteiger partial charge in [0.15, 0.2) is 0 Å². The van der Waals surface area contributed by atoms with Crippen molar-refractivity contribution in [1.29, 1.82) is 0 Å². The van der Waals surface area contributed by atoms with Gasteiger partial charge in [0.05, 0.1) is 12.5 Å². The zero-order valence-corrected chi connectivity index (χ0v) is 8.73. The maximum Gasteiger partial charge on any atom is 0.0902 e. The van der Waals surface area contributed by atoms with Crippen LogP contribution >= 0.6 is 0 Å². The van der Waals surface area contributed by atoms with E-state index in [1.165, 1.54) is 36.9 Å². The third kappa shape index (κ3) is 2.94. The van der Waals surface area contributed by atoms with Crippen LogP contribution in [0.4, 0.5) is 0 Å². The SMILES string of the molecule is c1ccoc1.c1cnc2c(c1)CCCC2. The Morgan fingerprint density at radius 3 is 2.47 bits per heavy atom. The van der Waals surface area contributed by atoms with Crippen LogP contribution in [-0.4, -0.2) is 4.98 Å². The molecule has 2 aromatic rings. The normalized spacial score (nSPS) is 13.6. The van der Waals surface area contributed by atoms with Gasteiger partial charge >= 0.3 is 0 Å². The van der Waals surface area contributed by atoms with Crippen LogP contribution < -0.4 is 0 Å². The monoisotopic (exact) mass is 201 g/mol. The van der Waals surface area contributed by atoms with E-state index >= 15 is 0 Å². The van der Waals surface area contributed by atoms with Crippen LogP contribution in [0.25, 0.3) is 0 Å². The molecule has 0 radical (unpaired) electrons. The molecule has 0 unspecified atom stereocenters. The van der Waals surface area contributed by atoms with Crippen LogP contribution in [-0.2, 0) is 12.8 Å². The molecule has 1 aliphatic carbocycles. The summed E-state index contributed by atoms with van der Waals surface area (Å²) in [5, 5.41) is 0. The van der Waals surface area contributed by atoms with Crippen LogP contribution in [0.5, 0.6) is 0 Å². The summed E-state index contributed by atoms with van der Waals surface area (Å²) in [4.78, 5) is 4.32. The van der Waals surface area contributed by atoms with E-state index < -0.39 is 0 Å². The van der Waals surface area contributed by atoms with Crippen molar-refractivity contribution in [3.8, 4) is 0 Å². The summed E-state index contributed by atoms with van der Waals surface area (Å²) in [6.45, 7) is 0. The maximum absolute atomic E-state index is 4.58. The lowest BCUT2D eigenvalue weighted by atomic mass is 9.96. The van der Waals surface area contributed by atoms with E-state index in [0.29, 0.717) is 0 Å². The van der Waals surface area contributed by atoms with Crippen LogP contribution in [0.3, 0.4) is 0 Å². The summed E-state index contributed by atoms with van der Waals surface area (Å²) in [6.07, 6.45) is 10.2. The molecule has 0 bridgehead atoms. The molecule has 0 spiro atoms. The zero-order valence-electron chi connectivity index (χ0n) is 8.73. The second-order valence-corrected chi connectivity index (χ2v) is 3.61. The average molecular weight is 201 g/mol. The zero-order chi connectivity index (χ0) is 10.3. The average Bonchev–Trinajstić information content (AvgIpc) is 2.88. The lowest BCUT2D eigenvalue weighted by Crippen LogP contribution is -2.03. The molecular formula is C13H15NO. The van der Waals surface area contributed by atoms with E-state index in [1.807, 2.05) is 24.4 Å². The number of fused-ring (bicyclic) bond motifs is 1. The van der Waals surface area contributed by atoms with E-state index in [0.717, 1.165) is 0 Å². The Morgan fingerprint density at radius 2 is 1.80 bits per heavy atom. The third-order valence-electron chi connectivity index (χ3n) is 2.52. The lowest BCUT2D eigenvalue weighted by molar-refractivity contribution is 0.567. The first-order chi connectivity index (χ1) is 7.47. The van der Waals surface area contributed by atoms with Gasteiger partial charge in [0.25, 0.3) is 0 Å². The van der Waals surface area contributed by atoms with Gasteiger partial charge in [0.1, 0.15) is 0 Å². The molecular weight excluding hydrogens is 186 g/mol. The van der Waals surface area contributed by atoms with Crippen molar-refractivity contribution in [2.24, 2.45) is 0 Å². The van der Waals surface area contributed by atoms with Gasteiger partial charge in [0, 0.05) is 11.9 Å². The van der Waals surface area contributed by atoms with Gasteiger partial charge in [-0.2, -0.15) is 0 Å². The highest BCUT2D eigenvalue weighted by molar-refractivity contribution is 5.21. The molecule has 0 aromatic carbocycles.